The molecule has 1 aliphatic rings. The summed E-state index contributed by atoms with van der Waals surface area (Å²) in [4.78, 5) is 14.3. The number of hydrogen-bond acceptors (Lipinski definition) is 2. The van der Waals surface area contributed by atoms with Crippen LogP contribution in [0.4, 0.5) is 0 Å². The zero-order valence-electron chi connectivity index (χ0n) is 13.4. The van der Waals surface area contributed by atoms with Gasteiger partial charge in [0, 0.05) is 25.1 Å². The van der Waals surface area contributed by atoms with Crippen molar-refractivity contribution < 1.29 is 9.53 Å². The van der Waals surface area contributed by atoms with Crippen LogP contribution in [0.1, 0.15) is 35.2 Å². The Morgan fingerprint density at radius 2 is 1.61 bits per heavy atom. The number of piperidine rings is 1. The minimum absolute atomic E-state index is 0.139. The van der Waals surface area contributed by atoms with E-state index >= 15 is 0 Å². The molecule has 1 aliphatic heterocycles. The minimum Gasteiger partial charge on any atom is -0.493 e. The second-order valence-corrected chi connectivity index (χ2v) is 5.96. The third kappa shape index (κ3) is 4.35. The number of rotatable bonds is 5. The van der Waals surface area contributed by atoms with Crippen molar-refractivity contribution in [1.29, 1.82) is 0 Å². The van der Waals surface area contributed by atoms with Crippen LogP contribution >= 0.6 is 0 Å². The number of ether oxygens (including phenoxy) is 1. The molecule has 2 aromatic rings. The molecule has 1 amide bonds. The fourth-order valence-corrected chi connectivity index (χ4v) is 2.90. The zero-order valence-corrected chi connectivity index (χ0v) is 13.4. The van der Waals surface area contributed by atoms with E-state index < -0.39 is 0 Å². The largest absolute Gasteiger partial charge is 0.493 e. The van der Waals surface area contributed by atoms with Gasteiger partial charge in [0.2, 0.25) is 0 Å². The summed E-state index contributed by atoms with van der Waals surface area (Å²) in [5.74, 6) is 0.955. The van der Waals surface area contributed by atoms with E-state index in [1.165, 1.54) is 12.0 Å². The van der Waals surface area contributed by atoms with Crippen LogP contribution in [0.5, 0.6) is 5.75 Å². The fraction of sp³-hybridized carbons (Fsp3) is 0.350. The molecule has 0 bridgehead atoms. The molecule has 120 valence electrons. The lowest BCUT2D eigenvalue weighted by Gasteiger charge is -2.26. The molecule has 3 rings (SSSR count). The summed E-state index contributed by atoms with van der Waals surface area (Å²) in [5.41, 5.74) is 2.02. The molecule has 1 fully saturated rings. The van der Waals surface area contributed by atoms with Gasteiger partial charge in [-0.05, 0) is 49.1 Å². The van der Waals surface area contributed by atoms with Crippen LogP contribution in [0.15, 0.2) is 54.6 Å². The molecule has 2 aromatic carbocycles. The molecule has 0 aliphatic carbocycles. The Hall–Kier alpha value is -2.29. The van der Waals surface area contributed by atoms with Crippen LogP contribution in [0, 0.1) is 0 Å². The Labute approximate surface area is 137 Å². The van der Waals surface area contributed by atoms with Gasteiger partial charge >= 0.3 is 0 Å². The lowest BCUT2D eigenvalue weighted by molar-refractivity contribution is 0.0724. The van der Waals surface area contributed by atoms with E-state index in [2.05, 4.69) is 12.1 Å². The number of likely N-dealkylation sites (tertiary alicyclic amines) is 1. The molecule has 0 radical (unpaired) electrons. The highest BCUT2D eigenvalue weighted by Crippen LogP contribution is 2.17. The van der Waals surface area contributed by atoms with Crippen molar-refractivity contribution in [3.05, 3.63) is 65.7 Å². The second-order valence-electron chi connectivity index (χ2n) is 5.96. The highest BCUT2D eigenvalue weighted by molar-refractivity contribution is 5.94. The van der Waals surface area contributed by atoms with Crippen molar-refractivity contribution in [3.63, 3.8) is 0 Å². The van der Waals surface area contributed by atoms with Gasteiger partial charge in [-0.3, -0.25) is 4.79 Å². The molecule has 0 saturated carbocycles. The van der Waals surface area contributed by atoms with E-state index in [1.807, 2.05) is 47.4 Å². The van der Waals surface area contributed by atoms with E-state index in [4.69, 9.17) is 4.74 Å². The zero-order chi connectivity index (χ0) is 15.9. The molecule has 0 N–H and O–H groups in total. The van der Waals surface area contributed by atoms with Gasteiger partial charge in [-0.2, -0.15) is 0 Å². The summed E-state index contributed by atoms with van der Waals surface area (Å²) >= 11 is 0. The summed E-state index contributed by atoms with van der Waals surface area (Å²) in [5, 5.41) is 0. The molecule has 1 heterocycles. The Morgan fingerprint density at radius 1 is 0.913 bits per heavy atom. The van der Waals surface area contributed by atoms with E-state index in [9.17, 15) is 4.79 Å². The highest BCUT2D eigenvalue weighted by Gasteiger charge is 2.17. The number of hydrogen-bond donors (Lipinski definition) is 0. The SMILES string of the molecule is O=C(c1ccc(OCCc2ccccc2)cc1)N1CCCCC1. The number of benzene rings is 2. The summed E-state index contributed by atoms with van der Waals surface area (Å²) < 4.78 is 5.77. The molecule has 23 heavy (non-hydrogen) atoms. The summed E-state index contributed by atoms with van der Waals surface area (Å²) in [6, 6.07) is 17.8. The summed E-state index contributed by atoms with van der Waals surface area (Å²) in [6.07, 6.45) is 4.35. The van der Waals surface area contributed by atoms with Crippen LogP contribution in [-0.4, -0.2) is 30.5 Å². The van der Waals surface area contributed by atoms with Crippen molar-refractivity contribution in [2.45, 2.75) is 25.7 Å². The number of nitrogens with zero attached hydrogens (tertiary/aromatic N) is 1. The maximum atomic E-state index is 12.4. The monoisotopic (exact) mass is 309 g/mol. The van der Waals surface area contributed by atoms with Gasteiger partial charge in [0.15, 0.2) is 0 Å². The van der Waals surface area contributed by atoms with E-state index in [0.717, 1.165) is 43.7 Å². The van der Waals surface area contributed by atoms with Gasteiger partial charge in [-0.15, -0.1) is 0 Å². The average molecular weight is 309 g/mol. The van der Waals surface area contributed by atoms with E-state index in [0.29, 0.717) is 6.61 Å². The standard InChI is InChI=1S/C20H23NO2/c22-20(21-14-5-2-6-15-21)18-9-11-19(12-10-18)23-16-13-17-7-3-1-4-8-17/h1,3-4,7-12H,2,5-6,13-16H2. The first-order valence-electron chi connectivity index (χ1n) is 8.39. The Balaban J connectivity index is 1.51. The van der Waals surface area contributed by atoms with Crippen LogP contribution in [0.2, 0.25) is 0 Å². The van der Waals surface area contributed by atoms with Gasteiger partial charge in [-0.25, -0.2) is 0 Å². The molecule has 0 spiro atoms. The molecule has 0 unspecified atom stereocenters. The van der Waals surface area contributed by atoms with Crippen LogP contribution in [0.3, 0.4) is 0 Å². The first-order chi connectivity index (χ1) is 11.3. The lowest BCUT2D eigenvalue weighted by Crippen LogP contribution is -2.35. The second kappa shape index (κ2) is 7.82. The Morgan fingerprint density at radius 3 is 2.30 bits per heavy atom. The summed E-state index contributed by atoms with van der Waals surface area (Å²) in [7, 11) is 0. The maximum absolute atomic E-state index is 12.4. The third-order valence-electron chi connectivity index (χ3n) is 4.25. The third-order valence-corrected chi connectivity index (χ3v) is 4.25. The van der Waals surface area contributed by atoms with Gasteiger partial charge in [0.25, 0.3) is 5.91 Å². The molecule has 0 atom stereocenters. The van der Waals surface area contributed by atoms with Crippen molar-refractivity contribution in [2.24, 2.45) is 0 Å². The number of carbonyl (C=O) groups is 1. The fourth-order valence-electron chi connectivity index (χ4n) is 2.90. The quantitative estimate of drug-likeness (QED) is 0.837. The Kier molecular flexibility index (Phi) is 5.30. The van der Waals surface area contributed by atoms with Crippen LogP contribution in [0.25, 0.3) is 0 Å². The molecular weight excluding hydrogens is 286 g/mol. The van der Waals surface area contributed by atoms with Crippen LogP contribution in [-0.2, 0) is 6.42 Å². The average Bonchev–Trinajstić information content (AvgIpc) is 2.63. The summed E-state index contributed by atoms with van der Waals surface area (Å²) in [6.45, 7) is 2.41. The van der Waals surface area contributed by atoms with Crippen LogP contribution < -0.4 is 4.74 Å². The maximum Gasteiger partial charge on any atom is 0.253 e. The molecule has 3 heteroatoms. The van der Waals surface area contributed by atoms with E-state index in [-0.39, 0.29) is 5.91 Å². The van der Waals surface area contributed by atoms with Gasteiger partial charge < -0.3 is 9.64 Å². The molecule has 1 saturated heterocycles. The topological polar surface area (TPSA) is 29.5 Å². The predicted octanol–water partition coefficient (Wildman–Crippen LogP) is 3.93. The predicted molar refractivity (Wildman–Crippen MR) is 91.8 cm³/mol. The highest BCUT2D eigenvalue weighted by atomic mass is 16.5. The van der Waals surface area contributed by atoms with Crippen molar-refractivity contribution in [3.8, 4) is 5.75 Å². The molecular formula is C20H23NO2. The minimum atomic E-state index is 0.139. The number of carbonyl (C=O) groups excluding carboxylic acids is 1. The Bertz CT molecular complexity index is 616. The van der Waals surface area contributed by atoms with Crippen molar-refractivity contribution >= 4 is 5.91 Å². The van der Waals surface area contributed by atoms with Gasteiger partial charge in [0.1, 0.15) is 5.75 Å². The smallest absolute Gasteiger partial charge is 0.253 e. The molecule has 0 aromatic heterocycles. The van der Waals surface area contributed by atoms with Crippen molar-refractivity contribution in [2.75, 3.05) is 19.7 Å². The normalized spacial score (nSPS) is 14.5. The lowest BCUT2D eigenvalue weighted by atomic mass is 10.1. The van der Waals surface area contributed by atoms with E-state index in [1.54, 1.807) is 0 Å². The van der Waals surface area contributed by atoms with Gasteiger partial charge in [-0.1, -0.05) is 30.3 Å². The van der Waals surface area contributed by atoms with Crippen molar-refractivity contribution in [1.82, 2.24) is 4.90 Å². The number of amides is 1. The van der Waals surface area contributed by atoms with Gasteiger partial charge in [0.05, 0.1) is 6.61 Å². The first kappa shape index (κ1) is 15.6. The first-order valence-corrected chi connectivity index (χ1v) is 8.39. The molecule has 3 nitrogen and oxygen atoms in total.